The second kappa shape index (κ2) is 6.82. The molecule has 1 aliphatic heterocycles. The minimum absolute atomic E-state index is 0.359. The van der Waals surface area contributed by atoms with Crippen molar-refractivity contribution >= 4 is 11.3 Å². The highest BCUT2D eigenvalue weighted by Crippen LogP contribution is 2.25. The van der Waals surface area contributed by atoms with Crippen molar-refractivity contribution in [1.82, 2.24) is 15.2 Å². The van der Waals surface area contributed by atoms with Gasteiger partial charge < -0.3 is 5.32 Å². The minimum atomic E-state index is 0.359. The number of thiazole rings is 1. The molecule has 0 radical (unpaired) electrons. The van der Waals surface area contributed by atoms with Crippen LogP contribution in [0.25, 0.3) is 0 Å². The lowest BCUT2D eigenvalue weighted by Gasteiger charge is -2.38. The first kappa shape index (κ1) is 14.9. The van der Waals surface area contributed by atoms with Gasteiger partial charge in [-0.2, -0.15) is 0 Å². The summed E-state index contributed by atoms with van der Waals surface area (Å²) >= 11 is 1.82. The predicted molar refractivity (Wildman–Crippen MR) is 82.8 cm³/mol. The van der Waals surface area contributed by atoms with E-state index < -0.39 is 0 Å². The summed E-state index contributed by atoms with van der Waals surface area (Å²) < 4.78 is 0. The molecule has 1 saturated heterocycles. The fourth-order valence-electron chi connectivity index (χ4n) is 2.89. The Morgan fingerprint density at radius 1 is 1.42 bits per heavy atom. The van der Waals surface area contributed by atoms with E-state index in [-0.39, 0.29) is 0 Å². The van der Waals surface area contributed by atoms with Crippen LogP contribution in [0.4, 0.5) is 0 Å². The van der Waals surface area contributed by atoms with Gasteiger partial charge in [0, 0.05) is 29.9 Å². The molecule has 19 heavy (non-hydrogen) atoms. The highest BCUT2D eigenvalue weighted by Gasteiger charge is 2.25. The summed E-state index contributed by atoms with van der Waals surface area (Å²) in [6.45, 7) is 8.05. The Labute approximate surface area is 121 Å². The first-order chi connectivity index (χ1) is 9.11. The fourth-order valence-corrected chi connectivity index (χ4v) is 3.85. The van der Waals surface area contributed by atoms with Crippen LogP contribution in [0.5, 0.6) is 0 Å². The number of nitrogens with zero attached hydrogens (tertiary/aromatic N) is 2. The molecule has 0 bridgehead atoms. The zero-order valence-electron chi connectivity index (χ0n) is 12.6. The molecule has 1 aromatic rings. The predicted octanol–water partition coefficient (Wildman–Crippen LogP) is 3.23. The van der Waals surface area contributed by atoms with Crippen LogP contribution in [-0.4, -0.2) is 35.6 Å². The quantitative estimate of drug-likeness (QED) is 0.898. The van der Waals surface area contributed by atoms with E-state index in [9.17, 15) is 0 Å². The van der Waals surface area contributed by atoms with E-state index in [0.29, 0.717) is 18.1 Å². The van der Waals surface area contributed by atoms with Crippen LogP contribution in [0.2, 0.25) is 0 Å². The molecule has 0 spiro atoms. The van der Waals surface area contributed by atoms with Crippen LogP contribution in [0, 0.1) is 0 Å². The molecule has 4 heteroatoms. The normalized spacial score (nSPS) is 22.9. The van der Waals surface area contributed by atoms with Crippen molar-refractivity contribution in [3.8, 4) is 0 Å². The summed E-state index contributed by atoms with van der Waals surface area (Å²) in [7, 11) is 1.99. The Morgan fingerprint density at radius 3 is 2.89 bits per heavy atom. The van der Waals surface area contributed by atoms with E-state index in [0.717, 1.165) is 6.42 Å². The summed E-state index contributed by atoms with van der Waals surface area (Å²) in [6, 6.07) is 1.70. The Hall–Kier alpha value is -0.450. The third kappa shape index (κ3) is 3.77. The van der Waals surface area contributed by atoms with Crippen LogP contribution in [0.15, 0.2) is 5.38 Å². The van der Waals surface area contributed by atoms with Gasteiger partial charge in [0.25, 0.3) is 0 Å². The van der Waals surface area contributed by atoms with Crippen molar-refractivity contribution in [3.63, 3.8) is 0 Å². The van der Waals surface area contributed by atoms with E-state index in [1.807, 2.05) is 18.4 Å². The van der Waals surface area contributed by atoms with Gasteiger partial charge in [0.1, 0.15) is 0 Å². The van der Waals surface area contributed by atoms with Gasteiger partial charge in [-0.3, -0.25) is 4.90 Å². The van der Waals surface area contributed by atoms with Crippen LogP contribution >= 0.6 is 11.3 Å². The first-order valence-electron chi connectivity index (χ1n) is 7.49. The maximum absolute atomic E-state index is 4.80. The Morgan fingerprint density at radius 2 is 2.21 bits per heavy atom. The number of piperidine rings is 1. The molecule has 0 amide bonds. The number of rotatable bonds is 5. The zero-order valence-corrected chi connectivity index (χ0v) is 13.5. The minimum Gasteiger partial charge on any atom is -0.312 e. The highest BCUT2D eigenvalue weighted by molar-refractivity contribution is 7.09. The molecular formula is C15H27N3S. The number of hydrogen-bond acceptors (Lipinski definition) is 4. The lowest BCUT2D eigenvalue weighted by molar-refractivity contribution is 0.111. The van der Waals surface area contributed by atoms with Gasteiger partial charge in [0.15, 0.2) is 0 Å². The molecule has 0 aromatic carbocycles. The monoisotopic (exact) mass is 281 g/mol. The average Bonchev–Trinajstić information content (AvgIpc) is 2.86. The van der Waals surface area contributed by atoms with Gasteiger partial charge in [-0.15, -0.1) is 11.3 Å². The molecule has 2 rings (SSSR count). The molecule has 1 N–H and O–H groups in total. The highest BCUT2D eigenvalue weighted by atomic mass is 32.1. The van der Waals surface area contributed by atoms with Gasteiger partial charge >= 0.3 is 0 Å². The van der Waals surface area contributed by atoms with E-state index in [2.05, 4.69) is 36.4 Å². The summed E-state index contributed by atoms with van der Waals surface area (Å²) in [6.07, 6.45) is 5.18. The van der Waals surface area contributed by atoms with Crippen molar-refractivity contribution in [3.05, 3.63) is 16.1 Å². The van der Waals surface area contributed by atoms with Crippen LogP contribution in [0.3, 0.4) is 0 Å². The van der Waals surface area contributed by atoms with Gasteiger partial charge in [-0.1, -0.05) is 6.42 Å². The molecule has 1 aliphatic rings. The van der Waals surface area contributed by atoms with E-state index >= 15 is 0 Å². The van der Waals surface area contributed by atoms with Crippen molar-refractivity contribution in [2.75, 3.05) is 13.6 Å². The average molecular weight is 281 g/mol. The smallest absolute Gasteiger partial charge is 0.0944 e. The van der Waals surface area contributed by atoms with Gasteiger partial charge in [-0.25, -0.2) is 4.98 Å². The maximum Gasteiger partial charge on any atom is 0.0944 e. The standard InChI is InChI=1S/C15H27N3S/c1-11(2)18-8-6-5-7-13(18)9-15-17-14(10-19-15)12(3)16-4/h10-13,16H,5-9H2,1-4H3. The largest absolute Gasteiger partial charge is 0.312 e. The van der Waals surface area contributed by atoms with Gasteiger partial charge in [-0.05, 0) is 47.2 Å². The van der Waals surface area contributed by atoms with E-state index in [1.165, 1.54) is 36.5 Å². The van der Waals surface area contributed by atoms with Crippen molar-refractivity contribution in [1.29, 1.82) is 0 Å². The lowest BCUT2D eigenvalue weighted by Crippen LogP contribution is -2.44. The third-order valence-electron chi connectivity index (χ3n) is 4.19. The Balaban J connectivity index is 2.00. The maximum atomic E-state index is 4.80. The molecule has 0 aliphatic carbocycles. The van der Waals surface area contributed by atoms with Crippen molar-refractivity contribution in [2.24, 2.45) is 0 Å². The molecule has 1 fully saturated rings. The molecule has 2 atom stereocenters. The molecule has 2 unspecified atom stereocenters. The topological polar surface area (TPSA) is 28.2 Å². The molecular weight excluding hydrogens is 254 g/mol. The van der Waals surface area contributed by atoms with Crippen molar-refractivity contribution in [2.45, 2.75) is 64.6 Å². The second-order valence-corrected chi connectivity index (χ2v) is 6.80. The molecule has 1 aromatic heterocycles. The molecule has 0 saturated carbocycles. The lowest BCUT2D eigenvalue weighted by atomic mass is 9.98. The van der Waals surface area contributed by atoms with E-state index in [4.69, 9.17) is 4.98 Å². The second-order valence-electron chi connectivity index (χ2n) is 5.86. The van der Waals surface area contributed by atoms with E-state index in [1.54, 1.807) is 0 Å². The van der Waals surface area contributed by atoms with Gasteiger partial charge in [0.05, 0.1) is 10.7 Å². The van der Waals surface area contributed by atoms with Gasteiger partial charge in [0.2, 0.25) is 0 Å². The van der Waals surface area contributed by atoms with Crippen molar-refractivity contribution < 1.29 is 0 Å². The number of hydrogen-bond donors (Lipinski definition) is 1. The zero-order chi connectivity index (χ0) is 13.8. The summed E-state index contributed by atoms with van der Waals surface area (Å²) in [5, 5.41) is 6.77. The molecule has 2 heterocycles. The van der Waals surface area contributed by atoms with Crippen LogP contribution in [-0.2, 0) is 6.42 Å². The summed E-state index contributed by atoms with van der Waals surface area (Å²) in [5.74, 6) is 0. The first-order valence-corrected chi connectivity index (χ1v) is 8.37. The fraction of sp³-hybridized carbons (Fsp3) is 0.800. The van der Waals surface area contributed by atoms with Crippen LogP contribution in [0.1, 0.15) is 56.8 Å². The molecule has 3 nitrogen and oxygen atoms in total. The third-order valence-corrected chi connectivity index (χ3v) is 5.08. The SMILES string of the molecule is CNC(C)c1csc(CC2CCCCN2C(C)C)n1. The number of aromatic nitrogens is 1. The Kier molecular flexibility index (Phi) is 5.37. The summed E-state index contributed by atoms with van der Waals surface area (Å²) in [4.78, 5) is 7.46. The molecule has 108 valence electrons. The van der Waals surface area contributed by atoms with Crippen LogP contribution < -0.4 is 5.32 Å². The number of likely N-dealkylation sites (tertiary alicyclic amines) is 1. The Bertz CT molecular complexity index is 388. The summed E-state index contributed by atoms with van der Waals surface area (Å²) in [5.41, 5.74) is 1.19. The number of nitrogens with one attached hydrogen (secondary N) is 1.